The van der Waals surface area contributed by atoms with E-state index in [-0.39, 0.29) is 11.9 Å². The highest BCUT2D eigenvalue weighted by Gasteiger charge is 2.26. The van der Waals surface area contributed by atoms with Gasteiger partial charge in [0, 0.05) is 19.0 Å². The third-order valence-electron chi connectivity index (χ3n) is 3.24. The van der Waals surface area contributed by atoms with Crippen LogP contribution in [-0.2, 0) is 4.79 Å². The summed E-state index contributed by atoms with van der Waals surface area (Å²) in [7, 11) is 1.62. The molecular weight excluding hydrogens is 232 g/mol. The van der Waals surface area contributed by atoms with Crippen LogP contribution in [0.15, 0.2) is 18.2 Å². The second-order valence-corrected chi connectivity index (χ2v) is 4.36. The second-order valence-electron chi connectivity index (χ2n) is 4.36. The molecule has 1 atom stereocenters. The number of anilines is 1. The van der Waals surface area contributed by atoms with Crippen molar-refractivity contribution in [2.24, 2.45) is 0 Å². The SMILES string of the molecule is COc1ccc2nc(N)n(C3CNC(=O)C3)c2c1. The number of fused-ring (bicyclic) bond motifs is 1. The molecule has 18 heavy (non-hydrogen) atoms. The van der Waals surface area contributed by atoms with Crippen LogP contribution >= 0.6 is 0 Å². The fourth-order valence-corrected chi connectivity index (χ4v) is 2.37. The van der Waals surface area contributed by atoms with Crippen LogP contribution in [0.25, 0.3) is 11.0 Å². The average molecular weight is 246 g/mol. The average Bonchev–Trinajstić information content (AvgIpc) is 2.90. The van der Waals surface area contributed by atoms with Gasteiger partial charge in [0.2, 0.25) is 11.9 Å². The monoisotopic (exact) mass is 246 g/mol. The van der Waals surface area contributed by atoms with Crippen molar-refractivity contribution >= 4 is 22.9 Å². The first-order valence-electron chi connectivity index (χ1n) is 5.77. The number of hydrogen-bond acceptors (Lipinski definition) is 4. The molecule has 0 spiro atoms. The number of nitrogen functional groups attached to an aromatic ring is 1. The number of hydrogen-bond donors (Lipinski definition) is 2. The van der Waals surface area contributed by atoms with Crippen molar-refractivity contribution in [3.8, 4) is 5.75 Å². The minimum Gasteiger partial charge on any atom is -0.497 e. The van der Waals surface area contributed by atoms with Crippen LogP contribution in [0, 0.1) is 0 Å². The summed E-state index contributed by atoms with van der Waals surface area (Å²) < 4.78 is 7.10. The summed E-state index contributed by atoms with van der Waals surface area (Å²) in [6, 6.07) is 5.62. The Hall–Kier alpha value is -2.24. The number of imidazole rings is 1. The summed E-state index contributed by atoms with van der Waals surface area (Å²) in [6.45, 7) is 0.589. The second kappa shape index (κ2) is 3.90. The summed E-state index contributed by atoms with van der Waals surface area (Å²) in [5.41, 5.74) is 7.65. The van der Waals surface area contributed by atoms with E-state index in [1.54, 1.807) is 7.11 Å². The lowest BCUT2D eigenvalue weighted by atomic mass is 10.2. The third kappa shape index (κ3) is 1.57. The van der Waals surface area contributed by atoms with E-state index in [4.69, 9.17) is 10.5 Å². The van der Waals surface area contributed by atoms with E-state index in [0.29, 0.717) is 18.9 Å². The number of aromatic nitrogens is 2. The molecule has 94 valence electrons. The normalized spacial score (nSPS) is 19.2. The van der Waals surface area contributed by atoms with Crippen molar-refractivity contribution < 1.29 is 9.53 Å². The topological polar surface area (TPSA) is 82.2 Å². The Morgan fingerprint density at radius 2 is 2.39 bits per heavy atom. The van der Waals surface area contributed by atoms with Gasteiger partial charge in [0.1, 0.15) is 5.75 Å². The molecule has 1 saturated heterocycles. The first-order chi connectivity index (χ1) is 8.69. The van der Waals surface area contributed by atoms with E-state index in [1.165, 1.54) is 0 Å². The Labute approximate surface area is 104 Å². The Bertz CT molecular complexity index is 620. The van der Waals surface area contributed by atoms with Crippen molar-refractivity contribution in [3.63, 3.8) is 0 Å². The van der Waals surface area contributed by atoms with E-state index >= 15 is 0 Å². The first kappa shape index (κ1) is 10.9. The van der Waals surface area contributed by atoms with E-state index in [0.717, 1.165) is 16.8 Å². The lowest BCUT2D eigenvalue weighted by Gasteiger charge is -2.12. The number of amides is 1. The molecule has 6 heteroatoms. The molecule has 0 saturated carbocycles. The van der Waals surface area contributed by atoms with Crippen molar-refractivity contribution in [3.05, 3.63) is 18.2 Å². The predicted octanol–water partition coefficient (Wildman–Crippen LogP) is 0.688. The number of benzene rings is 1. The van der Waals surface area contributed by atoms with Gasteiger partial charge in [0.15, 0.2) is 0 Å². The molecule has 1 aliphatic heterocycles. The molecule has 3 rings (SSSR count). The highest BCUT2D eigenvalue weighted by Crippen LogP contribution is 2.29. The van der Waals surface area contributed by atoms with Crippen LogP contribution in [0.4, 0.5) is 5.95 Å². The van der Waals surface area contributed by atoms with Crippen LogP contribution < -0.4 is 15.8 Å². The van der Waals surface area contributed by atoms with Gasteiger partial charge < -0.3 is 20.4 Å². The van der Waals surface area contributed by atoms with Gasteiger partial charge in [-0.15, -0.1) is 0 Å². The first-order valence-corrected chi connectivity index (χ1v) is 5.77. The molecule has 1 aliphatic rings. The summed E-state index contributed by atoms with van der Waals surface area (Å²) in [5.74, 6) is 1.23. The van der Waals surface area contributed by atoms with Crippen LogP contribution in [0.3, 0.4) is 0 Å². The van der Waals surface area contributed by atoms with Gasteiger partial charge >= 0.3 is 0 Å². The molecule has 2 heterocycles. The van der Waals surface area contributed by atoms with Gasteiger partial charge in [-0.25, -0.2) is 4.98 Å². The Morgan fingerprint density at radius 3 is 3.06 bits per heavy atom. The van der Waals surface area contributed by atoms with E-state index in [9.17, 15) is 4.79 Å². The number of methoxy groups -OCH3 is 1. The van der Waals surface area contributed by atoms with Gasteiger partial charge in [-0.3, -0.25) is 4.79 Å². The maximum atomic E-state index is 11.3. The quantitative estimate of drug-likeness (QED) is 0.816. The zero-order valence-corrected chi connectivity index (χ0v) is 10.0. The van der Waals surface area contributed by atoms with Gasteiger partial charge in [0.05, 0.1) is 24.2 Å². The summed E-state index contributed by atoms with van der Waals surface area (Å²) >= 11 is 0. The van der Waals surface area contributed by atoms with Crippen molar-refractivity contribution in [1.82, 2.24) is 14.9 Å². The highest BCUT2D eigenvalue weighted by molar-refractivity contribution is 5.82. The minimum absolute atomic E-state index is 0.0228. The molecule has 1 aromatic carbocycles. The highest BCUT2D eigenvalue weighted by atomic mass is 16.5. The number of carbonyl (C=O) groups is 1. The predicted molar refractivity (Wildman–Crippen MR) is 67.4 cm³/mol. The van der Waals surface area contributed by atoms with E-state index in [1.807, 2.05) is 22.8 Å². The number of nitrogens with two attached hydrogens (primary N) is 1. The van der Waals surface area contributed by atoms with Crippen LogP contribution in [0.2, 0.25) is 0 Å². The third-order valence-corrected chi connectivity index (χ3v) is 3.24. The van der Waals surface area contributed by atoms with E-state index < -0.39 is 0 Å². The maximum absolute atomic E-state index is 11.3. The Balaban J connectivity index is 2.14. The fraction of sp³-hybridized carbons (Fsp3) is 0.333. The fourth-order valence-electron chi connectivity index (χ4n) is 2.37. The minimum atomic E-state index is 0.0228. The largest absolute Gasteiger partial charge is 0.497 e. The number of carbonyl (C=O) groups excluding carboxylic acids is 1. The molecule has 1 amide bonds. The van der Waals surface area contributed by atoms with Crippen molar-refractivity contribution in [2.45, 2.75) is 12.5 Å². The molecule has 6 nitrogen and oxygen atoms in total. The zero-order chi connectivity index (χ0) is 12.7. The molecule has 0 aliphatic carbocycles. The molecule has 1 unspecified atom stereocenters. The number of rotatable bonds is 2. The van der Waals surface area contributed by atoms with Crippen molar-refractivity contribution in [1.29, 1.82) is 0 Å². The standard InChI is InChI=1S/C12H14N4O2/c1-18-8-2-3-9-10(5-8)16(12(13)15-9)7-4-11(17)14-6-7/h2-3,5,7H,4,6H2,1H3,(H2,13,15)(H,14,17). The number of nitrogens with zero attached hydrogens (tertiary/aromatic N) is 2. The molecule has 1 fully saturated rings. The summed E-state index contributed by atoms with van der Waals surface area (Å²) in [4.78, 5) is 15.6. The van der Waals surface area contributed by atoms with Gasteiger partial charge in [0.25, 0.3) is 0 Å². The summed E-state index contributed by atoms with van der Waals surface area (Å²) in [5, 5.41) is 2.80. The molecular formula is C12H14N4O2. The molecule has 1 aromatic heterocycles. The number of ether oxygens (including phenoxy) is 1. The van der Waals surface area contributed by atoms with Crippen LogP contribution in [0.1, 0.15) is 12.5 Å². The van der Waals surface area contributed by atoms with Crippen LogP contribution in [0.5, 0.6) is 5.75 Å². The molecule has 0 bridgehead atoms. The lowest BCUT2D eigenvalue weighted by Crippen LogP contribution is -2.16. The number of nitrogens with one attached hydrogen (secondary N) is 1. The molecule has 0 radical (unpaired) electrons. The smallest absolute Gasteiger partial charge is 0.222 e. The van der Waals surface area contributed by atoms with Crippen molar-refractivity contribution in [2.75, 3.05) is 19.4 Å². The Morgan fingerprint density at radius 1 is 1.56 bits per heavy atom. The Kier molecular flexibility index (Phi) is 2.36. The lowest BCUT2D eigenvalue weighted by molar-refractivity contribution is -0.119. The molecule has 2 aromatic rings. The zero-order valence-electron chi connectivity index (χ0n) is 10.0. The van der Waals surface area contributed by atoms with Gasteiger partial charge in [-0.2, -0.15) is 0 Å². The molecule has 3 N–H and O–H groups in total. The van der Waals surface area contributed by atoms with Gasteiger partial charge in [-0.05, 0) is 12.1 Å². The summed E-state index contributed by atoms with van der Waals surface area (Å²) in [6.07, 6.45) is 0.437. The van der Waals surface area contributed by atoms with E-state index in [2.05, 4.69) is 10.3 Å². The van der Waals surface area contributed by atoms with Gasteiger partial charge in [-0.1, -0.05) is 0 Å². The van der Waals surface area contributed by atoms with Crippen LogP contribution in [-0.4, -0.2) is 29.1 Å². The maximum Gasteiger partial charge on any atom is 0.222 e.